The molecule has 15 heavy (non-hydrogen) atoms. The molecule has 1 aromatic heterocycles. The third-order valence-corrected chi connectivity index (χ3v) is 2.18. The highest BCUT2D eigenvalue weighted by atomic mass is 35.5. The molecule has 1 unspecified atom stereocenters. The predicted octanol–water partition coefficient (Wildman–Crippen LogP) is 1.34. The van der Waals surface area contributed by atoms with Crippen molar-refractivity contribution in [3.63, 3.8) is 0 Å². The van der Waals surface area contributed by atoms with Crippen molar-refractivity contribution in [3.8, 4) is 0 Å². The van der Waals surface area contributed by atoms with Gasteiger partial charge in [-0.15, -0.1) is 11.6 Å². The van der Waals surface area contributed by atoms with Gasteiger partial charge in [-0.1, -0.05) is 6.92 Å². The second-order valence-electron chi connectivity index (χ2n) is 3.51. The minimum atomic E-state index is -0.104. The maximum absolute atomic E-state index is 11.7. The smallest absolute Gasteiger partial charge is 0.254 e. The molecule has 1 aromatic rings. The Morgan fingerprint density at radius 2 is 2.40 bits per heavy atom. The molecular formula is C10H16ClN3O. The van der Waals surface area contributed by atoms with E-state index in [1.165, 1.54) is 0 Å². The van der Waals surface area contributed by atoms with Crippen LogP contribution in [0.15, 0.2) is 6.20 Å². The summed E-state index contributed by atoms with van der Waals surface area (Å²) in [6, 6.07) is 0. The van der Waals surface area contributed by atoms with E-state index in [1.807, 2.05) is 13.8 Å². The Hall–Kier alpha value is -1.03. The summed E-state index contributed by atoms with van der Waals surface area (Å²) in [5, 5.41) is 6.90. The molecule has 0 spiro atoms. The van der Waals surface area contributed by atoms with Crippen LogP contribution in [0.3, 0.4) is 0 Å². The lowest BCUT2D eigenvalue weighted by atomic mass is 10.2. The molecule has 84 valence electrons. The summed E-state index contributed by atoms with van der Waals surface area (Å²) in [4.78, 5) is 11.7. The lowest BCUT2D eigenvalue weighted by Gasteiger charge is -2.05. The van der Waals surface area contributed by atoms with E-state index in [4.69, 9.17) is 11.6 Å². The number of hydrogen-bond donors (Lipinski definition) is 1. The molecule has 1 heterocycles. The molecule has 0 aliphatic carbocycles. The van der Waals surface area contributed by atoms with Crippen LogP contribution in [0.5, 0.6) is 0 Å². The van der Waals surface area contributed by atoms with Crippen molar-refractivity contribution in [1.29, 1.82) is 0 Å². The van der Waals surface area contributed by atoms with Crippen molar-refractivity contribution < 1.29 is 4.79 Å². The number of nitrogens with zero attached hydrogens (tertiary/aromatic N) is 2. The topological polar surface area (TPSA) is 46.9 Å². The summed E-state index contributed by atoms with van der Waals surface area (Å²) in [5.41, 5.74) is 1.45. The minimum Gasteiger partial charge on any atom is -0.350 e. The van der Waals surface area contributed by atoms with Gasteiger partial charge in [-0.3, -0.25) is 9.48 Å². The van der Waals surface area contributed by atoms with Crippen molar-refractivity contribution in [2.24, 2.45) is 7.05 Å². The van der Waals surface area contributed by atoms with Crippen LogP contribution in [-0.2, 0) is 13.5 Å². The van der Waals surface area contributed by atoms with Gasteiger partial charge in [-0.25, -0.2) is 0 Å². The van der Waals surface area contributed by atoms with Gasteiger partial charge in [0.05, 0.1) is 11.3 Å². The number of aryl methyl sites for hydroxylation is 2. The monoisotopic (exact) mass is 229 g/mol. The number of nitrogens with one attached hydrogen (secondary N) is 1. The minimum absolute atomic E-state index is 0.0595. The highest BCUT2D eigenvalue weighted by molar-refractivity contribution is 6.20. The molecule has 1 N–H and O–H groups in total. The quantitative estimate of drug-likeness (QED) is 0.793. The van der Waals surface area contributed by atoms with Crippen molar-refractivity contribution in [3.05, 3.63) is 17.5 Å². The fourth-order valence-corrected chi connectivity index (χ4v) is 1.39. The van der Waals surface area contributed by atoms with Crippen LogP contribution in [0.25, 0.3) is 0 Å². The third-order valence-electron chi connectivity index (χ3n) is 2.03. The normalized spacial score (nSPS) is 12.5. The summed E-state index contributed by atoms with van der Waals surface area (Å²) in [6.45, 7) is 4.29. The maximum atomic E-state index is 11.7. The van der Waals surface area contributed by atoms with Gasteiger partial charge < -0.3 is 5.32 Å². The van der Waals surface area contributed by atoms with E-state index in [2.05, 4.69) is 10.4 Å². The second kappa shape index (κ2) is 5.16. The number of alkyl halides is 1. The Bertz CT molecular complexity index is 346. The highest BCUT2D eigenvalue weighted by Crippen LogP contribution is 2.06. The first kappa shape index (κ1) is 12.0. The van der Waals surface area contributed by atoms with Gasteiger partial charge in [0.2, 0.25) is 0 Å². The molecule has 0 saturated heterocycles. The van der Waals surface area contributed by atoms with Gasteiger partial charge in [0.1, 0.15) is 0 Å². The van der Waals surface area contributed by atoms with Crippen LogP contribution in [-0.4, -0.2) is 27.6 Å². The van der Waals surface area contributed by atoms with Crippen molar-refractivity contribution >= 4 is 17.5 Å². The van der Waals surface area contributed by atoms with Gasteiger partial charge in [0, 0.05) is 25.2 Å². The number of carbonyl (C=O) groups excluding carboxylic acids is 1. The average Bonchev–Trinajstić information content (AvgIpc) is 2.56. The van der Waals surface area contributed by atoms with E-state index in [0.29, 0.717) is 12.1 Å². The number of halogens is 1. The van der Waals surface area contributed by atoms with E-state index >= 15 is 0 Å². The summed E-state index contributed by atoms with van der Waals surface area (Å²) in [6.07, 6.45) is 2.48. The van der Waals surface area contributed by atoms with Gasteiger partial charge in [-0.05, 0) is 13.3 Å². The van der Waals surface area contributed by atoms with E-state index < -0.39 is 0 Å². The van der Waals surface area contributed by atoms with Crippen LogP contribution in [0.2, 0.25) is 0 Å². The number of rotatable bonds is 4. The highest BCUT2D eigenvalue weighted by Gasteiger charge is 2.14. The number of hydrogen-bond acceptors (Lipinski definition) is 2. The first-order valence-electron chi connectivity index (χ1n) is 4.99. The molecule has 0 fully saturated rings. The van der Waals surface area contributed by atoms with Crippen LogP contribution in [0.4, 0.5) is 0 Å². The number of amides is 1. The molecule has 1 rings (SSSR count). The average molecular weight is 230 g/mol. The summed E-state index contributed by atoms with van der Waals surface area (Å²) >= 11 is 5.75. The van der Waals surface area contributed by atoms with Gasteiger partial charge in [0.25, 0.3) is 5.91 Å². The fraction of sp³-hybridized carbons (Fsp3) is 0.600. The molecule has 0 bridgehead atoms. The molecule has 0 radical (unpaired) electrons. The zero-order valence-electron chi connectivity index (χ0n) is 9.25. The molecule has 4 nitrogen and oxygen atoms in total. The van der Waals surface area contributed by atoms with Crippen molar-refractivity contribution in [1.82, 2.24) is 15.1 Å². The van der Waals surface area contributed by atoms with Gasteiger partial charge in [0.15, 0.2) is 0 Å². The van der Waals surface area contributed by atoms with Crippen LogP contribution >= 0.6 is 11.6 Å². The molecule has 0 aromatic carbocycles. The Balaban J connectivity index is 2.72. The Morgan fingerprint density at radius 3 is 2.93 bits per heavy atom. The number of aromatic nitrogens is 2. The molecule has 0 aliphatic heterocycles. The van der Waals surface area contributed by atoms with E-state index in [1.54, 1.807) is 17.9 Å². The van der Waals surface area contributed by atoms with Crippen LogP contribution in [0, 0.1) is 0 Å². The van der Waals surface area contributed by atoms with Crippen molar-refractivity contribution in [2.45, 2.75) is 25.6 Å². The molecular weight excluding hydrogens is 214 g/mol. The molecule has 1 amide bonds. The van der Waals surface area contributed by atoms with E-state index in [9.17, 15) is 4.79 Å². The molecule has 0 saturated carbocycles. The lowest BCUT2D eigenvalue weighted by molar-refractivity contribution is 0.0953. The predicted molar refractivity (Wildman–Crippen MR) is 60.2 cm³/mol. The Labute approximate surface area is 94.6 Å². The summed E-state index contributed by atoms with van der Waals surface area (Å²) < 4.78 is 1.65. The standard InChI is InChI=1S/C10H16ClN3O/c1-4-9-8(6-14(3)13-9)10(15)12-5-7(2)11/h6-7H,4-5H2,1-3H3,(H,12,15). The summed E-state index contributed by atoms with van der Waals surface area (Å²) in [5.74, 6) is -0.104. The fourth-order valence-electron chi connectivity index (χ4n) is 1.31. The van der Waals surface area contributed by atoms with E-state index in [0.717, 1.165) is 12.1 Å². The lowest BCUT2D eigenvalue weighted by Crippen LogP contribution is -2.28. The SMILES string of the molecule is CCc1nn(C)cc1C(=O)NCC(C)Cl. The van der Waals surface area contributed by atoms with Gasteiger partial charge >= 0.3 is 0 Å². The molecule has 5 heteroatoms. The first-order chi connectivity index (χ1) is 7.04. The van der Waals surface area contributed by atoms with Crippen molar-refractivity contribution in [2.75, 3.05) is 6.54 Å². The number of carbonyl (C=O) groups is 1. The summed E-state index contributed by atoms with van der Waals surface area (Å²) in [7, 11) is 1.81. The zero-order valence-corrected chi connectivity index (χ0v) is 10.0. The first-order valence-corrected chi connectivity index (χ1v) is 5.43. The maximum Gasteiger partial charge on any atom is 0.254 e. The largest absolute Gasteiger partial charge is 0.350 e. The third kappa shape index (κ3) is 3.23. The van der Waals surface area contributed by atoms with Crippen LogP contribution in [0.1, 0.15) is 29.9 Å². The Kier molecular flexibility index (Phi) is 4.15. The van der Waals surface area contributed by atoms with Crippen LogP contribution < -0.4 is 5.32 Å². The molecule has 0 aliphatic rings. The molecule has 1 atom stereocenters. The Morgan fingerprint density at radius 1 is 1.73 bits per heavy atom. The van der Waals surface area contributed by atoms with Gasteiger partial charge in [-0.2, -0.15) is 5.10 Å². The van der Waals surface area contributed by atoms with E-state index in [-0.39, 0.29) is 11.3 Å². The zero-order chi connectivity index (χ0) is 11.4. The second-order valence-corrected chi connectivity index (χ2v) is 4.25.